The predicted octanol–water partition coefficient (Wildman–Crippen LogP) is 5.34. The van der Waals surface area contributed by atoms with Crippen LogP contribution in [-0.4, -0.2) is 26.2 Å². The van der Waals surface area contributed by atoms with E-state index in [2.05, 4.69) is 0 Å². The quantitative estimate of drug-likeness (QED) is 0.484. The van der Waals surface area contributed by atoms with E-state index in [4.69, 9.17) is 25.8 Å². The van der Waals surface area contributed by atoms with Crippen molar-refractivity contribution in [2.45, 2.75) is 19.1 Å². The zero-order valence-electron chi connectivity index (χ0n) is 17.3. The second-order valence-electron chi connectivity index (χ2n) is 7.19. The number of halogens is 2. The Morgan fingerprint density at radius 3 is 2.23 bits per heavy atom. The van der Waals surface area contributed by atoms with E-state index in [1.165, 1.54) is 12.1 Å². The molecule has 2 atom stereocenters. The van der Waals surface area contributed by atoms with Crippen molar-refractivity contribution < 1.29 is 23.4 Å². The van der Waals surface area contributed by atoms with Crippen molar-refractivity contribution in [1.29, 1.82) is 0 Å². The Kier molecular flexibility index (Phi) is 5.74. The number of carbonyl (C=O) groups is 1. The molecule has 4 rings (SSSR count). The number of amides is 1. The van der Waals surface area contributed by atoms with Gasteiger partial charge in [0.25, 0.3) is 5.91 Å². The highest BCUT2D eigenvalue weighted by molar-refractivity contribution is 6.30. The van der Waals surface area contributed by atoms with Crippen molar-refractivity contribution in [3.05, 3.63) is 82.6 Å². The minimum absolute atomic E-state index is 0.222. The summed E-state index contributed by atoms with van der Waals surface area (Å²) in [4.78, 5) is 14.7. The highest BCUT2D eigenvalue weighted by Crippen LogP contribution is 2.43. The highest BCUT2D eigenvalue weighted by atomic mass is 35.5. The molecule has 5 nitrogen and oxygen atoms in total. The molecule has 0 spiro atoms. The maximum Gasteiger partial charge on any atom is 0.271 e. The van der Waals surface area contributed by atoms with Gasteiger partial charge in [-0.3, -0.25) is 9.69 Å². The predicted molar refractivity (Wildman–Crippen MR) is 117 cm³/mol. The molecule has 31 heavy (non-hydrogen) atoms. The molecular weight excluding hydrogens is 421 g/mol. The number of anilines is 1. The Morgan fingerprint density at radius 1 is 0.903 bits per heavy atom. The zero-order chi connectivity index (χ0) is 22.1. The van der Waals surface area contributed by atoms with E-state index >= 15 is 0 Å². The Morgan fingerprint density at radius 2 is 1.58 bits per heavy atom. The van der Waals surface area contributed by atoms with Gasteiger partial charge in [0.1, 0.15) is 17.6 Å². The van der Waals surface area contributed by atoms with Gasteiger partial charge in [-0.25, -0.2) is 4.39 Å². The van der Waals surface area contributed by atoms with Crippen molar-refractivity contribution in [1.82, 2.24) is 0 Å². The van der Waals surface area contributed by atoms with Crippen molar-refractivity contribution in [2.24, 2.45) is 0 Å². The maximum atomic E-state index is 13.4. The first-order valence-corrected chi connectivity index (χ1v) is 10.0. The van der Waals surface area contributed by atoms with E-state index in [9.17, 15) is 9.18 Å². The fraction of sp³-hybridized carbons (Fsp3) is 0.208. The van der Waals surface area contributed by atoms with Crippen LogP contribution in [0.1, 0.15) is 17.2 Å². The van der Waals surface area contributed by atoms with Crippen LogP contribution in [0.15, 0.2) is 60.7 Å². The zero-order valence-corrected chi connectivity index (χ0v) is 18.0. The minimum Gasteiger partial charge on any atom is -0.493 e. The number of ether oxygens (including phenoxy) is 3. The van der Waals surface area contributed by atoms with Crippen molar-refractivity contribution in [3.63, 3.8) is 0 Å². The van der Waals surface area contributed by atoms with Gasteiger partial charge in [-0.05, 0) is 72.6 Å². The monoisotopic (exact) mass is 441 g/mol. The van der Waals surface area contributed by atoms with Crippen LogP contribution in [0.2, 0.25) is 5.02 Å². The molecule has 1 amide bonds. The number of β-lactam (4-membered cyclic amide) rings is 1. The fourth-order valence-electron chi connectivity index (χ4n) is 3.71. The molecule has 0 aromatic heterocycles. The van der Waals surface area contributed by atoms with Crippen LogP contribution < -0.4 is 19.1 Å². The molecule has 3 aromatic carbocycles. The summed E-state index contributed by atoms with van der Waals surface area (Å²) in [7, 11) is 3.11. The van der Waals surface area contributed by atoms with Gasteiger partial charge in [0.2, 0.25) is 6.10 Å². The molecule has 1 heterocycles. The Bertz CT molecular complexity index is 1120. The number of aryl methyl sites for hydroxylation is 1. The molecule has 160 valence electrons. The largest absolute Gasteiger partial charge is 0.493 e. The third kappa shape index (κ3) is 3.91. The molecular formula is C24H21ClFNO4. The number of hydrogen-bond acceptors (Lipinski definition) is 4. The van der Waals surface area contributed by atoms with Gasteiger partial charge >= 0.3 is 0 Å². The number of hydrogen-bond donors (Lipinski definition) is 0. The summed E-state index contributed by atoms with van der Waals surface area (Å²) in [6, 6.07) is 16.1. The van der Waals surface area contributed by atoms with E-state index in [1.54, 1.807) is 55.5 Å². The van der Waals surface area contributed by atoms with Crippen LogP contribution in [0.3, 0.4) is 0 Å². The average molecular weight is 442 g/mol. The summed E-state index contributed by atoms with van der Waals surface area (Å²) in [6.07, 6.45) is -0.761. The molecule has 1 saturated heterocycles. The molecule has 1 aliphatic rings. The van der Waals surface area contributed by atoms with E-state index in [0.29, 0.717) is 28.0 Å². The van der Waals surface area contributed by atoms with E-state index < -0.39 is 12.1 Å². The lowest BCUT2D eigenvalue weighted by Gasteiger charge is -2.46. The normalized spacial score (nSPS) is 17.8. The van der Waals surface area contributed by atoms with Gasteiger partial charge in [0.05, 0.1) is 14.2 Å². The van der Waals surface area contributed by atoms with Gasteiger partial charge in [0, 0.05) is 10.7 Å². The molecule has 1 aliphatic heterocycles. The molecule has 0 N–H and O–H groups in total. The van der Waals surface area contributed by atoms with Gasteiger partial charge in [0.15, 0.2) is 11.5 Å². The van der Waals surface area contributed by atoms with Gasteiger partial charge in [-0.1, -0.05) is 17.7 Å². The lowest BCUT2D eigenvalue weighted by atomic mass is 9.89. The maximum absolute atomic E-state index is 13.4. The van der Waals surface area contributed by atoms with Crippen molar-refractivity contribution in [3.8, 4) is 17.2 Å². The summed E-state index contributed by atoms with van der Waals surface area (Å²) in [6.45, 7) is 1.87. The molecule has 0 unspecified atom stereocenters. The highest BCUT2D eigenvalue weighted by Gasteiger charge is 2.51. The van der Waals surface area contributed by atoms with Gasteiger partial charge in [-0.2, -0.15) is 0 Å². The van der Waals surface area contributed by atoms with Gasteiger partial charge < -0.3 is 14.2 Å². The average Bonchev–Trinajstić information content (AvgIpc) is 2.77. The lowest BCUT2D eigenvalue weighted by molar-refractivity contribution is -0.135. The van der Waals surface area contributed by atoms with Crippen molar-refractivity contribution in [2.75, 3.05) is 19.1 Å². The minimum atomic E-state index is -0.761. The first-order valence-electron chi connectivity index (χ1n) is 9.66. The molecule has 0 radical (unpaired) electrons. The summed E-state index contributed by atoms with van der Waals surface area (Å²) in [5.74, 6) is 1.10. The van der Waals surface area contributed by atoms with E-state index in [0.717, 1.165) is 11.1 Å². The summed E-state index contributed by atoms with van der Waals surface area (Å²) >= 11 is 6.05. The first-order chi connectivity index (χ1) is 14.9. The standard InChI is InChI=1S/C24H21ClFNO4/c1-14-12-16(25)5-11-19(14)31-23-22(15-4-10-20(29-2)21(13-15)30-3)27(24(23)28)18-8-6-17(26)7-9-18/h4-13,22-23H,1-3H3/t22-,23-/m0/s1. The second-order valence-corrected chi connectivity index (χ2v) is 7.63. The number of methoxy groups -OCH3 is 2. The summed E-state index contributed by atoms with van der Waals surface area (Å²) < 4.78 is 30.3. The van der Waals surface area contributed by atoms with Gasteiger partial charge in [-0.15, -0.1) is 0 Å². The van der Waals surface area contributed by atoms with Crippen LogP contribution >= 0.6 is 11.6 Å². The third-order valence-corrected chi connectivity index (χ3v) is 5.53. The summed E-state index contributed by atoms with van der Waals surface area (Å²) in [5.41, 5.74) is 2.21. The SMILES string of the molecule is COc1ccc([C@H]2[C@H](Oc3ccc(Cl)cc3C)C(=O)N2c2ccc(F)cc2)cc1OC. The Labute approximate surface area is 184 Å². The molecule has 0 saturated carbocycles. The fourth-order valence-corrected chi connectivity index (χ4v) is 3.94. The lowest BCUT2D eigenvalue weighted by Crippen LogP contribution is -2.61. The number of nitrogens with zero attached hydrogens (tertiary/aromatic N) is 1. The Balaban J connectivity index is 1.73. The van der Waals surface area contributed by atoms with E-state index in [-0.39, 0.29) is 11.7 Å². The molecule has 0 bridgehead atoms. The van der Waals surface area contributed by atoms with Crippen molar-refractivity contribution >= 4 is 23.2 Å². The number of benzene rings is 3. The third-order valence-electron chi connectivity index (χ3n) is 5.29. The van der Waals surface area contributed by atoms with E-state index in [1.807, 2.05) is 19.1 Å². The second kappa shape index (κ2) is 8.47. The van der Waals surface area contributed by atoms with Crippen LogP contribution in [0.5, 0.6) is 17.2 Å². The molecule has 1 fully saturated rings. The number of carbonyl (C=O) groups excluding carboxylic acids is 1. The molecule has 0 aliphatic carbocycles. The molecule has 7 heteroatoms. The van der Waals surface area contributed by atoms with Crippen LogP contribution in [-0.2, 0) is 4.79 Å². The topological polar surface area (TPSA) is 48.0 Å². The van der Waals surface area contributed by atoms with Crippen LogP contribution in [0.4, 0.5) is 10.1 Å². The number of rotatable bonds is 6. The first kappa shape index (κ1) is 21.0. The van der Waals surface area contributed by atoms with Crippen LogP contribution in [0.25, 0.3) is 0 Å². The molecule has 3 aromatic rings. The summed E-state index contributed by atoms with van der Waals surface area (Å²) in [5, 5.41) is 0.592. The Hall–Kier alpha value is -3.25. The smallest absolute Gasteiger partial charge is 0.271 e. The van der Waals surface area contributed by atoms with Crippen LogP contribution in [0, 0.1) is 12.7 Å².